The van der Waals surface area contributed by atoms with Crippen LogP contribution in [-0.4, -0.2) is 0 Å². The number of hydrogen-bond acceptors (Lipinski definition) is 4. The van der Waals surface area contributed by atoms with Gasteiger partial charge in [-0.25, -0.2) is 0 Å². The first-order valence-corrected chi connectivity index (χ1v) is 14.8. The zero-order valence-corrected chi connectivity index (χ0v) is 22.5. The summed E-state index contributed by atoms with van der Waals surface area (Å²) in [6.45, 7) is 8.89. The maximum Gasteiger partial charge on any atom is 0.0542 e. The van der Waals surface area contributed by atoms with Crippen molar-refractivity contribution >= 4 is 115 Å². The van der Waals surface area contributed by atoms with Crippen molar-refractivity contribution in [3.05, 3.63) is 70.8 Å². The van der Waals surface area contributed by atoms with E-state index in [4.69, 9.17) is 0 Å². The van der Waals surface area contributed by atoms with Crippen molar-refractivity contribution in [1.29, 1.82) is 0 Å². The minimum atomic E-state index is 1.36. The molecule has 0 aliphatic heterocycles. The number of fused-ring (bicyclic) bond motifs is 11. The Balaban J connectivity index is 1.44. The first kappa shape index (κ1) is 19.8. The van der Waals surface area contributed by atoms with Crippen LogP contribution in [0.3, 0.4) is 0 Å². The van der Waals surface area contributed by atoms with Gasteiger partial charge in [0.2, 0.25) is 0 Å². The zero-order chi connectivity index (χ0) is 22.9. The molecule has 0 radical (unpaired) electrons. The lowest BCUT2D eigenvalue weighted by Gasteiger charge is -2.01. The average molecular weight is 509 g/mol. The maximum atomic E-state index is 2.44. The fraction of sp³-hybridized carbons (Fsp3) is 0.133. The Morgan fingerprint density at radius 1 is 0.353 bits per heavy atom. The third kappa shape index (κ3) is 2.52. The Kier molecular flexibility index (Phi) is 3.83. The minimum Gasteiger partial charge on any atom is -0.134 e. The standard InChI is InChI=1S/C30H20S4/c1-13-5-19-23(7-15(13)3)31-29-21-9-17-12-26-22(10-18(17)11-25(21)33-27(19)29)30-28(34-26)20-6-14(2)16(4)8-24(20)32-30/h5-12H,1-4H3. The van der Waals surface area contributed by atoms with E-state index in [1.54, 1.807) is 0 Å². The van der Waals surface area contributed by atoms with Crippen LogP contribution in [0.4, 0.5) is 0 Å². The summed E-state index contributed by atoms with van der Waals surface area (Å²) in [5.74, 6) is 0. The largest absolute Gasteiger partial charge is 0.134 e. The highest BCUT2D eigenvalue weighted by molar-refractivity contribution is 7.37. The number of rotatable bonds is 0. The van der Waals surface area contributed by atoms with Gasteiger partial charge in [0.15, 0.2) is 0 Å². The van der Waals surface area contributed by atoms with Crippen LogP contribution < -0.4 is 0 Å². The van der Waals surface area contributed by atoms with E-state index in [0.29, 0.717) is 0 Å². The molecule has 0 amide bonds. The summed E-state index contributed by atoms with van der Waals surface area (Å²) in [7, 11) is 0. The molecule has 0 bridgehead atoms. The molecule has 4 heteroatoms. The number of benzene rings is 4. The van der Waals surface area contributed by atoms with Gasteiger partial charge in [-0.15, -0.1) is 45.3 Å². The van der Waals surface area contributed by atoms with Crippen LogP contribution >= 0.6 is 45.3 Å². The lowest BCUT2D eigenvalue weighted by Crippen LogP contribution is -1.77. The molecular formula is C30H20S4. The van der Waals surface area contributed by atoms with Crippen LogP contribution in [0.15, 0.2) is 48.5 Å². The predicted octanol–water partition coefficient (Wildman–Crippen LogP) is 11.2. The number of aryl methyl sites for hydroxylation is 4. The molecule has 164 valence electrons. The van der Waals surface area contributed by atoms with Gasteiger partial charge in [0.05, 0.1) is 18.8 Å². The second-order valence-electron chi connectivity index (χ2n) is 9.63. The third-order valence-corrected chi connectivity index (χ3v) is 12.5. The quantitative estimate of drug-likeness (QED) is 0.191. The van der Waals surface area contributed by atoms with E-state index < -0.39 is 0 Å². The molecule has 4 heterocycles. The van der Waals surface area contributed by atoms with Crippen molar-refractivity contribution in [2.75, 3.05) is 0 Å². The lowest BCUT2D eigenvalue weighted by molar-refractivity contribution is 1.37. The molecule has 0 fully saturated rings. The summed E-state index contributed by atoms with van der Waals surface area (Å²) in [5.41, 5.74) is 5.53. The van der Waals surface area contributed by atoms with Crippen LogP contribution in [0.2, 0.25) is 0 Å². The van der Waals surface area contributed by atoms with E-state index in [2.05, 4.69) is 76.2 Å². The van der Waals surface area contributed by atoms with Crippen LogP contribution in [0.5, 0.6) is 0 Å². The Hall–Kier alpha value is -2.50. The molecule has 4 aromatic carbocycles. The van der Waals surface area contributed by atoms with Crippen molar-refractivity contribution in [2.45, 2.75) is 27.7 Å². The Morgan fingerprint density at radius 2 is 0.647 bits per heavy atom. The third-order valence-electron chi connectivity index (χ3n) is 7.47. The Bertz CT molecular complexity index is 2000. The van der Waals surface area contributed by atoms with E-state index >= 15 is 0 Å². The first-order valence-electron chi connectivity index (χ1n) is 11.5. The second-order valence-corrected chi connectivity index (χ2v) is 13.8. The van der Waals surface area contributed by atoms with E-state index in [0.717, 1.165) is 0 Å². The fourth-order valence-electron chi connectivity index (χ4n) is 5.27. The molecule has 0 spiro atoms. The molecule has 8 rings (SSSR count). The van der Waals surface area contributed by atoms with Gasteiger partial charge in [0, 0.05) is 40.3 Å². The van der Waals surface area contributed by atoms with Crippen LogP contribution in [0.25, 0.3) is 69.9 Å². The van der Waals surface area contributed by atoms with E-state index in [9.17, 15) is 0 Å². The van der Waals surface area contributed by atoms with Gasteiger partial charge in [0.25, 0.3) is 0 Å². The molecule has 4 aromatic heterocycles. The van der Waals surface area contributed by atoms with Crippen molar-refractivity contribution in [3.63, 3.8) is 0 Å². The van der Waals surface area contributed by atoms with Crippen molar-refractivity contribution in [3.8, 4) is 0 Å². The van der Waals surface area contributed by atoms with Crippen molar-refractivity contribution in [2.24, 2.45) is 0 Å². The monoisotopic (exact) mass is 508 g/mol. The molecule has 0 saturated carbocycles. The molecule has 0 aliphatic carbocycles. The highest BCUT2D eigenvalue weighted by Crippen LogP contribution is 2.48. The topological polar surface area (TPSA) is 0 Å². The van der Waals surface area contributed by atoms with Gasteiger partial charge in [-0.3, -0.25) is 0 Å². The van der Waals surface area contributed by atoms with Gasteiger partial charge >= 0.3 is 0 Å². The molecule has 0 unspecified atom stereocenters. The predicted molar refractivity (Wildman–Crippen MR) is 159 cm³/mol. The number of hydrogen-bond donors (Lipinski definition) is 0. The smallest absolute Gasteiger partial charge is 0.0542 e. The van der Waals surface area contributed by atoms with E-state index in [-0.39, 0.29) is 0 Å². The van der Waals surface area contributed by atoms with Gasteiger partial charge in [0.1, 0.15) is 0 Å². The maximum absolute atomic E-state index is 2.44. The van der Waals surface area contributed by atoms with Crippen LogP contribution in [0.1, 0.15) is 22.3 Å². The Labute approximate surface area is 212 Å². The van der Waals surface area contributed by atoms with Crippen molar-refractivity contribution < 1.29 is 0 Å². The summed E-state index contributed by atoms with van der Waals surface area (Å²) < 4.78 is 11.4. The second kappa shape index (κ2) is 6.58. The summed E-state index contributed by atoms with van der Waals surface area (Å²) in [4.78, 5) is 0. The highest BCUT2D eigenvalue weighted by Gasteiger charge is 2.17. The van der Waals surface area contributed by atoms with Gasteiger partial charge in [-0.2, -0.15) is 0 Å². The molecule has 0 atom stereocenters. The van der Waals surface area contributed by atoms with Gasteiger partial charge in [-0.05, 0) is 109 Å². The SMILES string of the molecule is Cc1cc2sc3c4cc5cc6sc7c8cc(C)c(C)cc8sc7c6cc5cc4sc3c2cc1C. The van der Waals surface area contributed by atoms with Gasteiger partial charge < -0.3 is 0 Å². The molecule has 0 N–H and O–H groups in total. The molecule has 0 saturated heterocycles. The molecule has 0 aliphatic rings. The summed E-state index contributed by atoms with van der Waals surface area (Å²) in [5, 5.41) is 8.39. The van der Waals surface area contributed by atoms with Crippen LogP contribution in [-0.2, 0) is 0 Å². The van der Waals surface area contributed by atoms with Gasteiger partial charge in [-0.1, -0.05) is 0 Å². The zero-order valence-electron chi connectivity index (χ0n) is 19.3. The lowest BCUT2D eigenvalue weighted by atomic mass is 10.1. The van der Waals surface area contributed by atoms with Crippen LogP contribution in [0, 0.1) is 27.7 Å². The molecule has 34 heavy (non-hydrogen) atoms. The molecule has 8 aromatic rings. The molecular weight excluding hydrogens is 489 g/mol. The van der Waals surface area contributed by atoms with E-state index in [1.165, 1.54) is 92.2 Å². The summed E-state index contributed by atoms with van der Waals surface area (Å²) in [6.07, 6.45) is 0. The van der Waals surface area contributed by atoms with Crippen molar-refractivity contribution in [1.82, 2.24) is 0 Å². The van der Waals surface area contributed by atoms with E-state index in [1.807, 2.05) is 45.3 Å². The highest BCUT2D eigenvalue weighted by atomic mass is 32.1. The molecule has 0 nitrogen and oxygen atoms in total. The average Bonchev–Trinajstić information content (AvgIpc) is 3.51. The Morgan fingerprint density at radius 3 is 1.03 bits per heavy atom. The fourth-order valence-corrected chi connectivity index (χ4v) is 10.8. The normalized spacial score (nSPS) is 12.7. The first-order chi connectivity index (χ1) is 16.4. The summed E-state index contributed by atoms with van der Waals surface area (Å²) in [6, 6.07) is 19.2. The minimum absolute atomic E-state index is 1.36. The number of thiophene rings is 4. The summed E-state index contributed by atoms with van der Waals surface area (Å²) >= 11 is 7.84.